The van der Waals surface area contributed by atoms with Gasteiger partial charge in [-0.3, -0.25) is 0 Å². The van der Waals surface area contributed by atoms with Crippen molar-refractivity contribution < 1.29 is 4.79 Å². The minimum absolute atomic E-state index is 0.581. The van der Waals surface area contributed by atoms with Gasteiger partial charge in [-0.25, -0.2) is 0 Å². The van der Waals surface area contributed by atoms with Gasteiger partial charge in [0.15, 0.2) is 0 Å². The van der Waals surface area contributed by atoms with Gasteiger partial charge in [0, 0.05) is 17.9 Å². The maximum absolute atomic E-state index is 9.87. The molecule has 0 bridgehead atoms. The van der Waals surface area contributed by atoms with Crippen molar-refractivity contribution in [1.82, 2.24) is 0 Å². The molecular weight excluding hydrogens is 142 g/mol. The normalized spacial score (nSPS) is 8.73. The Bertz CT molecular complexity index is 141. The highest BCUT2D eigenvalue weighted by Gasteiger charge is 1.87. The number of carbonyl (C=O) groups excluding carboxylic acids is 1. The summed E-state index contributed by atoms with van der Waals surface area (Å²) in [5, 5.41) is 3.40. The van der Waals surface area contributed by atoms with Crippen molar-refractivity contribution in [3.8, 4) is 0 Å². The van der Waals surface area contributed by atoms with Crippen molar-refractivity contribution in [3.63, 3.8) is 0 Å². The number of aldehydes is 1. The molecule has 0 rings (SSSR count). The second-order valence-electron chi connectivity index (χ2n) is 2.32. The summed E-state index contributed by atoms with van der Waals surface area (Å²) in [5.74, 6) is 0. The van der Waals surface area contributed by atoms with Crippen LogP contribution in [0.3, 0.4) is 0 Å². The number of rotatable bonds is 7. The first-order chi connectivity index (χ1) is 5.41. The minimum Gasteiger partial charge on any atom is -0.303 e. The number of hydrogen-bond donors (Lipinski definition) is 0. The van der Waals surface area contributed by atoms with Gasteiger partial charge >= 0.3 is 0 Å². The van der Waals surface area contributed by atoms with Crippen LogP contribution in [-0.2, 0) is 4.79 Å². The second kappa shape index (κ2) is 8.98. The molecule has 0 aromatic rings. The summed E-state index contributed by atoms with van der Waals surface area (Å²) in [5.41, 5.74) is 7.92. The number of azide groups is 1. The molecular formula is C7H13N3O. The number of unbranched alkanes of at least 4 members (excludes halogenated alkanes) is 4. The molecule has 0 aliphatic rings. The van der Waals surface area contributed by atoms with E-state index in [1.807, 2.05) is 0 Å². The molecule has 0 fully saturated rings. The Labute approximate surface area is 66.2 Å². The van der Waals surface area contributed by atoms with Crippen LogP contribution in [0.5, 0.6) is 0 Å². The quantitative estimate of drug-likeness (QED) is 0.183. The van der Waals surface area contributed by atoms with E-state index in [1.165, 1.54) is 0 Å². The van der Waals surface area contributed by atoms with Crippen molar-refractivity contribution in [3.05, 3.63) is 10.4 Å². The van der Waals surface area contributed by atoms with E-state index in [1.54, 1.807) is 0 Å². The van der Waals surface area contributed by atoms with E-state index in [-0.39, 0.29) is 0 Å². The summed E-state index contributed by atoms with van der Waals surface area (Å²) in [6.45, 7) is 0.581. The summed E-state index contributed by atoms with van der Waals surface area (Å²) < 4.78 is 0. The molecule has 0 aromatic carbocycles. The van der Waals surface area contributed by atoms with Crippen molar-refractivity contribution in [2.45, 2.75) is 32.1 Å². The zero-order valence-corrected chi connectivity index (χ0v) is 6.57. The van der Waals surface area contributed by atoms with Gasteiger partial charge in [0.1, 0.15) is 6.29 Å². The van der Waals surface area contributed by atoms with Crippen molar-refractivity contribution in [2.24, 2.45) is 5.11 Å². The first-order valence-corrected chi connectivity index (χ1v) is 3.86. The van der Waals surface area contributed by atoms with E-state index in [9.17, 15) is 4.79 Å². The van der Waals surface area contributed by atoms with Gasteiger partial charge < -0.3 is 4.79 Å². The highest BCUT2D eigenvalue weighted by molar-refractivity contribution is 5.48. The fourth-order valence-electron chi connectivity index (χ4n) is 0.808. The van der Waals surface area contributed by atoms with E-state index in [2.05, 4.69) is 10.0 Å². The van der Waals surface area contributed by atoms with Crippen LogP contribution in [0, 0.1) is 0 Å². The fraction of sp³-hybridized carbons (Fsp3) is 0.857. The van der Waals surface area contributed by atoms with Gasteiger partial charge in [-0.05, 0) is 18.4 Å². The zero-order chi connectivity index (χ0) is 8.36. The fourth-order valence-corrected chi connectivity index (χ4v) is 0.808. The van der Waals surface area contributed by atoms with Gasteiger partial charge in [0.25, 0.3) is 0 Å². The van der Waals surface area contributed by atoms with Gasteiger partial charge in [-0.15, -0.1) is 0 Å². The third-order valence-corrected chi connectivity index (χ3v) is 1.39. The molecule has 0 aliphatic carbocycles. The third-order valence-electron chi connectivity index (χ3n) is 1.39. The lowest BCUT2D eigenvalue weighted by Crippen LogP contribution is -1.82. The molecule has 0 N–H and O–H groups in total. The SMILES string of the molecule is [N-]=[N+]=NCCCCCCC=O. The molecule has 0 amide bonds. The summed E-state index contributed by atoms with van der Waals surface area (Å²) in [4.78, 5) is 12.5. The predicted molar refractivity (Wildman–Crippen MR) is 43.2 cm³/mol. The molecule has 0 atom stereocenters. The Kier molecular flexibility index (Phi) is 8.15. The third kappa shape index (κ3) is 8.98. The largest absolute Gasteiger partial charge is 0.303 e. The average Bonchev–Trinajstić information content (AvgIpc) is 2.03. The second-order valence-corrected chi connectivity index (χ2v) is 2.32. The van der Waals surface area contributed by atoms with Crippen molar-refractivity contribution >= 4 is 6.29 Å². The average molecular weight is 155 g/mol. The molecule has 0 heterocycles. The van der Waals surface area contributed by atoms with Crippen LogP contribution in [0.2, 0.25) is 0 Å². The summed E-state index contributed by atoms with van der Waals surface area (Å²) in [7, 11) is 0. The monoisotopic (exact) mass is 155 g/mol. The molecule has 11 heavy (non-hydrogen) atoms. The van der Waals surface area contributed by atoms with Crippen molar-refractivity contribution in [2.75, 3.05) is 6.54 Å². The van der Waals surface area contributed by atoms with Gasteiger partial charge in [0.2, 0.25) is 0 Å². The van der Waals surface area contributed by atoms with Crippen LogP contribution in [0.15, 0.2) is 5.11 Å². The van der Waals surface area contributed by atoms with Crippen LogP contribution in [-0.4, -0.2) is 12.8 Å². The number of nitrogens with zero attached hydrogens (tertiary/aromatic N) is 3. The van der Waals surface area contributed by atoms with Crippen LogP contribution >= 0.6 is 0 Å². The van der Waals surface area contributed by atoms with Crippen LogP contribution in [0.1, 0.15) is 32.1 Å². The van der Waals surface area contributed by atoms with Crippen LogP contribution < -0.4 is 0 Å². The Morgan fingerprint density at radius 3 is 2.64 bits per heavy atom. The van der Waals surface area contributed by atoms with E-state index in [0.29, 0.717) is 13.0 Å². The number of hydrogen-bond acceptors (Lipinski definition) is 2. The molecule has 0 aliphatic heterocycles. The molecule has 0 spiro atoms. The van der Waals surface area contributed by atoms with E-state index in [4.69, 9.17) is 5.53 Å². The zero-order valence-electron chi connectivity index (χ0n) is 6.57. The Morgan fingerprint density at radius 2 is 2.00 bits per heavy atom. The van der Waals surface area contributed by atoms with Crippen molar-refractivity contribution in [1.29, 1.82) is 0 Å². The Morgan fingerprint density at radius 1 is 1.27 bits per heavy atom. The molecule has 0 saturated heterocycles. The molecule has 0 radical (unpaired) electrons. The van der Waals surface area contributed by atoms with Crippen LogP contribution in [0.4, 0.5) is 0 Å². The summed E-state index contributed by atoms with van der Waals surface area (Å²) >= 11 is 0. The Hall–Kier alpha value is -1.02. The Balaban J connectivity index is 2.90. The lowest BCUT2D eigenvalue weighted by Gasteiger charge is -1.93. The molecule has 0 aromatic heterocycles. The minimum atomic E-state index is 0.581. The molecule has 4 heteroatoms. The first kappa shape index (κ1) is 9.98. The topological polar surface area (TPSA) is 65.8 Å². The predicted octanol–water partition coefficient (Wildman–Crippen LogP) is 2.45. The lowest BCUT2D eigenvalue weighted by molar-refractivity contribution is -0.107. The van der Waals surface area contributed by atoms with Gasteiger partial charge in [0.05, 0.1) is 0 Å². The van der Waals surface area contributed by atoms with E-state index in [0.717, 1.165) is 32.0 Å². The highest BCUT2D eigenvalue weighted by atomic mass is 16.1. The maximum atomic E-state index is 9.87. The molecule has 62 valence electrons. The smallest absolute Gasteiger partial charge is 0.119 e. The first-order valence-electron chi connectivity index (χ1n) is 3.86. The highest BCUT2D eigenvalue weighted by Crippen LogP contribution is 2.01. The summed E-state index contributed by atoms with van der Waals surface area (Å²) in [6, 6.07) is 0. The van der Waals surface area contributed by atoms with E-state index >= 15 is 0 Å². The molecule has 0 unspecified atom stereocenters. The maximum Gasteiger partial charge on any atom is 0.119 e. The van der Waals surface area contributed by atoms with Gasteiger partial charge in [-0.1, -0.05) is 18.0 Å². The molecule has 4 nitrogen and oxygen atoms in total. The van der Waals surface area contributed by atoms with Gasteiger partial charge in [-0.2, -0.15) is 0 Å². The standard InChI is InChI=1S/C7H13N3O/c8-10-9-6-4-2-1-3-5-7-11/h7H,1-6H2. The lowest BCUT2D eigenvalue weighted by atomic mass is 10.1. The van der Waals surface area contributed by atoms with Crippen LogP contribution in [0.25, 0.3) is 10.4 Å². The summed E-state index contributed by atoms with van der Waals surface area (Å²) in [6.07, 6.45) is 5.59. The number of carbonyl (C=O) groups is 1. The molecule has 0 saturated carbocycles. The van der Waals surface area contributed by atoms with E-state index < -0.39 is 0 Å².